The highest BCUT2D eigenvalue weighted by molar-refractivity contribution is 9.10. The van der Waals surface area contributed by atoms with Gasteiger partial charge >= 0.3 is 0 Å². The number of carbonyl (C=O) groups excluding carboxylic acids is 1. The van der Waals surface area contributed by atoms with Gasteiger partial charge in [-0.15, -0.1) is 0 Å². The molecule has 9 heteroatoms. The van der Waals surface area contributed by atoms with Crippen molar-refractivity contribution in [3.63, 3.8) is 0 Å². The van der Waals surface area contributed by atoms with Gasteiger partial charge in [-0.2, -0.15) is 0 Å². The molecule has 2 atom stereocenters. The molecule has 2 aromatic carbocycles. The number of fused-ring (bicyclic) bond motifs is 1. The van der Waals surface area contributed by atoms with Gasteiger partial charge in [0.05, 0.1) is 4.47 Å². The first-order valence-electron chi connectivity index (χ1n) is 8.52. The van der Waals surface area contributed by atoms with Gasteiger partial charge in [-0.25, -0.2) is 0 Å². The van der Waals surface area contributed by atoms with E-state index in [1.54, 1.807) is 43.3 Å². The van der Waals surface area contributed by atoms with Gasteiger partial charge < -0.3 is 29.4 Å². The van der Waals surface area contributed by atoms with Gasteiger partial charge in [0.1, 0.15) is 24.2 Å². The SMILES string of the molecule is CC(Oc1ccc(Cl)cc1Br)C(=O)NCC(O)COc1ccc2c(c1)OCO2. The van der Waals surface area contributed by atoms with E-state index in [0.29, 0.717) is 32.5 Å². The lowest BCUT2D eigenvalue weighted by atomic mass is 10.3. The first-order chi connectivity index (χ1) is 13.4. The molecule has 0 saturated heterocycles. The minimum atomic E-state index is -0.885. The van der Waals surface area contributed by atoms with Gasteiger partial charge in [0.2, 0.25) is 6.79 Å². The van der Waals surface area contributed by atoms with E-state index < -0.39 is 12.2 Å². The summed E-state index contributed by atoms with van der Waals surface area (Å²) in [5.41, 5.74) is 0. The molecule has 7 nitrogen and oxygen atoms in total. The Morgan fingerprint density at radius 3 is 2.86 bits per heavy atom. The van der Waals surface area contributed by atoms with Gasteiger partial charge in [0.25, 0.3) is 5.91 Å². The fraction of sp³-hybridized carbons (Fsp3) is 0.316. The Labute approximate surface area is 175 Å². The second-order valence-electron chi connectivity index (χ2n) is 6.06. The molecule has 0 spiro atoms. The van der Waals surface area contributed by atoms with E-state index >= 15 is 0 Å². The number of carbonyl (C=O) groups is 1. The van der Waals surface area contributed by atoms with Crippen LogP contribution in [0.15, 0.2) is 40.9 Å². The van der Waals surface area contributed by atoms with Crippen molar-refractivity contribution in [2.45, 2.75) is 19.1 Å². The molecule has 0 aromatic heterocycles. The highest BCUT2D eigenvalue weighted by atomic mass is 79.9. The molecular formula is C19H19BrClNO6. The van der Waals surface area contributed by atoms with Crippen molar-refractivity contribution < 1.29 is 28.8 Å². The summed E-state index contributed by atoms with van der Waals surface area (Å²) >= 11 is 9.22. The van der Waals surface area contributed by atoms with Gasteiger partial charge in [-0.3, -0.25) is 4.79 Å². The van der Waals surface area contributed by atoms with Crippen molar-refractivity contribution in [1.82, 2.24) is 5.32 Å². The number of aliphatic hydroxyl groups is 1. The summed E-state index contributed by atoms with van der Waals surface area (Å²) in [4.78, 5) is 12.2. The van der Waals surface area contributed by atoms with Crippen LogP contribution in [0.4, 0.5) is 0 Å². The van der Waals surface area contributed by atoms with Crippen molar-refractivity contribution in [2.75, 3.05) is 19.9 Å². The summed E-state index contributed by atoms with van der Waals surface area (Å²) in [6, 6.07) is 10.2. The third kappa shape index (κ3) is 5.43. The molecule has 0 aliphatic carbocycles. The number of benzene rings is 2. The monoisotopic (exact) mass is 471 g/mol. The summed E-state index contributed by atoms with van der Waals surface area (Å²) in [7, 11) is 0. The molecular weight excluding hydrogens is 454 g/mol. The minimum Gasteiger partial charge on any atom is -0.491 e. The predicted octanol–water partition coefficient (Wildman–Crippen LogP) is 3.15. The van der Waals surface area contributed by atoms with Crippen molar-refractivity contribution in [1.29, 1.82) is 0 Å². The van der Waals surface area contributed by atoms with Crippen LogP contribution in [0, 0.1) is 0 Å². The number of ether oxygens (including phenoxy) is 4. The molecule has 28 heavy (non-hydrogen) atoms. The Hall–Kier alpha value is -2.16. The first-order valence-corrected chi connectivity index (χ1v) is 9.69. The number of nitrogens with one attached hydrogen (secondary N) is 1. The smallest absolute Gasteiger partial charge is 0.260 e. The van der Waals surface area contributed by atoms with Crippen LogP contribution >= 0.6 is 27.5 Å². The quantitative estimate of drug-likeness (QED) is 0.614. The Morgan fingerprint density at radius 1 is 1.29 bits per heavy atom. The highest BCUT2D eigenvalue weighted by Crippen LogP contribution is 2.35. The number of hydrogen-bond donors (Lipinski definition) is 2. The van der Waals surface area contributed by atoms with Crippen LogP contribution in [0.5, 0.6) is 23.0 Å². The van der Waals surface area contributed by atoms with Crippen molar-refractivity contribution in [3.8, 4) is 23.0 Å². The zero-order valence-electron chi connectivity index (χ0n) is 15.0. The zero-order valence-corrected chi connectivity index (χ0v) is 17.3. The summed E-state index contributed by atoms with van der Waals surface area (Å²) in [6.45, 7) is 1.84. The Bertz CT molecular complexity index is 849. The van der Waals surface area contributed by atoms with Gasteiger partial charge in [0.15, 0.2) is 17.6 Å². The molecule has 2 aromatic rings. The third-order valence-electron chi connectivity index (χ3n) is 3.87. The van der Waals surface area contributed by atoms with Crippen molar-refractivity contribution in [3.05, 3.63) is 45.9 Å². The third-order valence-corrected chi connectivity index (χ3v) is 4.72. The van der Waals surface area contributed by atoms with E-state index in [0.717, 1.165) is 0 Å². The van der Waals surface area contributed by atoms with E-state index in [9.17, 15) is 9.90 Å². The minimum absolute atomic E-state index is 0.0118. The number of rotatable bonds is 8. The van der Waals surface area contributed by atoms with Crippen LogP contribution in [0.3, 0.4) is 0 Å². The second kappa shape index (κ2) is 9.36. The maximum absolute atomic E-state index is 12.2. The first kappa shape index (κ1) is 20.6. The number of halogens is 2. The summed E-state index contributed by atoms with van der Waals surface area (Å²) in [5, 5.41) is 13.2. The average Bonchev–Trinajstić information content (AvgIpc) is 3.14. The van der Waals surface area contributed by atoms with E-state index in [1.165, 1.54) is 0 Å². The second-order valence-corrected chi connectivity index (χ2v) is 7.35. The topological polar surface area (TPSA) is 86.3 Å². The maximum Gasteiger partial charge on any atom is 0.260 e. The lowest BCUT2D eigenvalue weighted by molar-refractivity contribution is -0.127. The maximum atomic E-state index is 12.2. The Morgan fingerprint density at radius 2 is 2.07 bits per heavy atom. The lowest BCUT2D eigenvalue weighted by Crippen LogP contribution is -2.41. The molecule has 3 rings (SSSR count). The van der Waals surface area contributed by atoms with Crippen molar-refractivity contribution >= 4 is 33.4 Å². The summed E-state index contributed by atoms with van der Waals surface area (Å²) in [5.74, 6) is 1.93. The lowest BCUT2D eigenvalue weighted by Gasteiger charge is -2.18. The molecule has 0 fully saturated rings. The van der Waals surface area contributed by atoms with Crippen LogP contribution in [0.2, 0.25) is 5.02 Å². The Kier molecular flexibility index (Phi) is 6.88. The van der Waals surface area contributed by atoms with E-state index in [4.69, 9.17) is 30.5 Å². The van der Waals surface area contributed by atoms with Crippen LogP contribution in [0.25, 0.3) is 0 Å². The fourth-order valence-corrected chi connectivity index (χ4v) is 3.17. The Balaban J connectivity index is 1.42. The molecule has 0 saturated carbocycles. The average molecular weight is 473 g/mol. The van der Waals surface area contributed by atoms with E-state index in [-0.39, 0.29) is 25.9 Å². The molecule has 0 bridgehead atoms. The van der Waals surface area contributed by atoms with Crippen LogP contribution in [-0.4, -0.2) is 43.2 Å². The number of aliphatic hydroxyl groups excluding tert-OH is 1. The van der Waals surface area contributed by atoms with E-state index in [1.807, 2.05) is 0 Å². The number of hydrogen-bond acceptors (Lipinski definition) is 6. The van der Waals surface area contributed by atoms with Gasteiger partial charge in [-0.1, -0.05) is 11.6 Å². The van der Waals surface area contributed by atoms with Gasteiger partial charge in [-0.05, 0) is 53.2 Å². The molecule has 1 heterocycles. The van der Waals surface area contributed by atoms with Crippen molar-refractivity contribution in [2.24, 2.45) is 0 Å². The van der Waals surface area contributed by atoms with Crippen LogP contribution in [0.1, 0.15) is 6.92 Å². The fourth-order valence-electron chi connectivity index (χ4n) is 2.39. The molecule has 1 aliphatic heterocycles. The molecule has 2 unspecified atom stereocenters. The molecule has 150 valence electrons. The van der Waals surface area contributed by atoms with Gasteiger partial charge in [0, 0.05) is 17.6 Å². The summed E-state index contributed by atoms with van der Waals surface area (Å²) in [6.07, 6.45) is -1.64. The molecule has 1 amide bonds. The molecule has 1 aliphatic rings. The summed E-state index contributed by atoms with van der Waals surface area (Å²) < 4.78 is 22.3. The highest BCUT2D eigenvalue weighted by Gasteiger charge is 2.18. The number of amides is 1. The van der Waals surface area contributed by atoms with Crippen LogP contribution < -0.4 is 24.3 Å². The standard InChI is InChI=1S/C19H19BrClNO6/c1-11(28-16-4-2-12(21)6-15(16)20)19(24)22-8-13(23)9-25-14-3-5-17-18(7-14)27-10-26-17/h2-7,11,13,23H,8-10H2,1H3,(H,22,24). The van der Waals surface area contributed by atoms with E-state index in [2.05, 4.69) is 21.2 Å². The van der Waals surface area contributed by atoms with Crippen LogP contribution in [-0.2, 0) is 4.79 Å². The molecule has 2 N–H and O–H groups in total. The molecule has 0 radical (unpaired) electrons. The zero-order chi connectivity index (χ0) is 20.1. The normalized spacial score (nSPS) is 14.3. The largest absolute Gasteiger partial charge is 0.491 e. The predicted molar refractivity (Wildman–Crippen MR) is 106 cm³/mol.